The van der Waals surface area contributed by atoms with Crippen molar-refractivity contribution in [2.75, 3.05) is 0 Å². The zero-order chi connectivity index (χ0) is 20.5. The van der Waals surface area contributed by atoms with Crippen molar-refractivity contribution in [1.82, 2.24) is 0 Å². The van der Waals surface area contributed by atoms with E-state index in [4.69, 9.17) is 0 Å². The SMILES string of the molecule is C=C(C)c1ccccc1C(=O)CC(CCC(C)=O)C(=O)CCc1ccccc1. The molecule has 0 bridgehead atoms. The third-order valence-corrected chi connectivity index (χ3v) is 4.92. The van der Waals surface area contributed by atoms with Crippen molar-refractivity contribution in [2.45, 2.75) is 46.0 Å². The third kappa shape index (κ3) is 6.41. The molecule has 3 heteroatoms. The Hall–Kier alpha value is -2.81. The van der Waals surface area contributed by atoms with Gasteiger partial charge in [-0.05, 0) is 37.8 Å². The maximum Gasteiger partial charge on any atom is 0.164 e. The molecule has 146 valence electrons. The Bertz CT molecular complexity index is 849. The van der Waals surface area contributed by atoms with Crippen molar-refractivity contribution < 1.29 is 14.4 Å². The lowest BCUT2D eigenvalue weighted by Gasteiger charge is -2.16. The standard InChI is InChI=1S/C25H28O3/c1-18(2)22-11-7-8-12-23(22)25(28)17-21(15-13-19(3)26)24(27)16-14-20-9-5-4-6-10-20/h4-12,21H,1,13-17H2,2-3H3. The second kappa shape index (κ2) is 10.5. The number of Topliss-reactive ketones (excluding diaryl/α,β-unsaturated/α-hetero) is 3. The van der Waals surface area contributed by atoms with Crippen LogP contribution in [0.5, 0.6) is 0 Å². The number of carbonyl (C=O) groups is 3. The van der Waals surface area contributed by atoms with Gasteiger partial charge in [0.25, 0.3) is 0 Å². The van der Waals surface area contributed by atoms with E-state index in [1.165, 1.54) is 6.92 Å². The fourth-order valence-electron chi connectivity index (χ4n) is 3.30. The molecule has 28 heavy (non-hydrogen) atoms. The number of rotatable bonds is 11. The normalized spacial score (nSPS) is 11.6. The summed E-state index contributed by atoms with van der Waals surface area (Å²) >= 11 is 0. The number of carbonyl (C=O) groups excluding carboxylic acids is 3. The van der Waals surface area contributed by atoms with Crippen LogP contribution < -0.4 is 0 Å². The minimum absolute atomic E-state index is 0.0376. The molecule has 0 saturated heterocycles. The summed E-state index contributed by atoms with van der Waals surface area (Å²) in [7, 11) is 0. The summed E-state index contributed by atoms with van der Waals surface area (Å²) in [6.07, 6.45) is 1.89. The third-order valence-electron chi connectivity index (χ3n) is 4.92. The van der Waals surface area contributed by atoms with Gasteiger partial charge in [0.2, 0.25) is 0 Å². The van der Waals surface area contributed by atoms with Crippen LogP contribution in [0.3, 0.4) is 0 Å². The summed E-state index contributed by atoms with van der Waals surface area (Å²) in [4.78, 5) is 37.2. The highest BCUT2D eigenvalue weighted by Gasteiger charge is 2.24. The van der Waals surface area contributed by atoms with Gasteiger partial charge >= 0.3 is 0 Å². The van der Waals surface area contributed by atoms with Crippen LogP contribution in [-0.4, -0.2) is 17.3 Å². The molecule has 1 unspecified atom stereocenters. The lowest BCUT2D eigenvalue weighted by molar-refractivity contribution is -0.123. The van der Waals surface area contributed by atoms with E-state index in [9.17, 15) is 14.4 Å². The van der Waals surface area contributed by atoms with Crippen LogP contribution in [0.1, 0.15) is 61.0 Å². The van der Waals surface area contributed by atoms with E-state index in [0.29, 0.717) is 31.2 Å². The van der Waals surface area contributed by atoms with Gasteiger partial charge < -0.3 is 4.79 Å². The Morgan fingerprint density at radius 2 is 1.46 bits per heavy atom. The molecule has 2 rings (SSSR count). The summed E-state index contributed by atoms with van der Waals surface area (Å²) in [6.45, 7) is 7.32. The summed E-state index contributed by atoms with van der Waals surface area (Å²) in [5.41, 5.74) is 3.33. The summed E-state index contributed by atoms with van der Waals surface area (Å²) in [6, 6.07) is 17.2. The first-order valence-electron chi connectivity index (χ1n) is 9.72. The highest BCUT2D eigenvalue weighted by molar-refractivity contribution is 6.02. The number of hydrogen-bond acceptors (Lipinski definition) is 3. The van der Waals surface area contributed by atoms with Crippen molar-refractivity contribution in [3.8, 4) is 0 Å². The highest BCUT2D eigenvalue weighted by atomic mass is 16.1. The van der Waals surface area contributed by atoms with E-state index < -0.39 is 5.92 Å². The van der Waals surface area contributed by atoms with Crippen LogP contribution in [-0.2, 0) is 16.0 Å². The van der Waals surface area contributed by atoms with Crippen LogP contribution in [0, 0.1) is 5.92 Å². The maximum absolute atomic E-state index is 12.9. The second-order valence-electron chi connectivity index (χ2n) is 7.34. The van der Waals surface area contributed by atoms with E-state index in [2.05, 4.69) is 6.58 Å². The lowest BCUT2D eigenvalue weighted by Crippen LogP contribution is -2.20. The molecule has 0 heterocycles. The second-order valence-corrected chi connectivity index (χ2v) is 7.34. The molecule has 0 radical (unpaired) electrons. The topological polar surface area (TPSA) is 51.2 Å². The molecular weight excluding hydrogens is 348 g/mol. The van der Waals surface area contributed by atoms with Crippen LogP contribution in [0.4, 0.5) is 0 Å². The van der Waals surface area contributed by atoms with Gasteiger partial charge in [-0.15, -0.1) is 0 Å². The average Bonchev–Trinajstić information content (AvgIpc) is 2.69. The fourth-order valence-corrected chi connectivity index (χ4v) is 3.30. The van der Waals surface area contributed by atoms with Crippen molar-refractivity contribution in [3.63, 3.8) is 0 Å². The Balaban J connectivity index is 2.11. The van der Waals surface area contributed by atoms with Crippen molar-refractivity contribution in [1.29, 1.82) is 0 Å². The predicted molar refractivity (Wildman–Crippen MR) is 113 cm³/mol. The van der Waals surface area contributed by atoms with E-state index >= 15 is 0 Å². The van der Waals surface area contributed by atoms with Crippen LogP contribution in [0.2, 0.25) is 0 Å². The number of hydrogen-bond donors (Lipinski definition) is 0. The zero-order valence-corrected chi connectivity index (χ0v) is 16.7. The molecule has 2 aromatic carbocycles. The smallest absolute Gasteiger partial charge is 0.164 e. The molecule has 0 saturated carbocycles. The average molecular weight is 376 g/mol. The molecule has 1 atom stereocenters. The first-order chi connectivity index (χ1) is 13.4. The molecule has 3 nitrogen and oxygen atoms in total. The Morgan fingerprint density at radius 3 is 2.07 bits per heavy atom. The van der Waals surface area contributed by atoms with Gasteiger partial charge in [-0.2, -0.15) is 0 Å². The molecule has 0 spiro atoms. The largest absolute Gasteiger partial charge is 0.300 e. The van der Waals surface area contributed by atoms with Gasteiger partial charge in [0.15, 0.2) is 5.78 Å². The Labute approximate surface area is 167 Å². The Kier molecular flexibility index (Phi) is 8.06. The number of ketones is 3. The monoisotopic (exact) mass is 376 g/mol. The quantitative estimate of drug-likeness (QED) is 0.488. The van der Waals surface area contributed by atoms with E-state index in [0.717, 1.165) is 16.7 Å². The number of allylic oxidation sites excluding steroid dienone is 1. The molecular formula is C25H28O3. The van der Waals surface area contributed by atoms with Gasteiger partial charge in [0.05, 0.1) is 0 Å². The molecule has 0 N–H and O–H groups in total. The van der Waals surface area contributed by atoms with E-state index in [-0.39, 0.29) is 23.8 Å². The van der Waals surface area contributed by atoms with Crippen molar-refractivity contribution in [3.05, 3.63) is 77.9 Å². The lowest BCUT2D eigenvalue weighted by atomic mass is 9.86. The fraction of sp³-hybridized carbons (Fsp3) is 0.320. The number of benzene rings is 2. The molecule has 0 aliphatic heterocycles. The maximum atomic E-state index is 12.9. The summed E-state index contributed by atoms with van der Waals surface area (Å²) < 4.78 is 0. The van der Waals surface area contributed by atoms with Gasteiger partial charge in [-0.1, -0.05) is 66.7 Å². The molecule has 0 fully saturated rings. The van der Waals surface area contributed by atoms with E-state index in [1.807, 2.05) is 55.5 Å². The summed E-state index contributed by atoms with van der Waals surface area (Å²) in [5, 5.41) is 0. The van der Waals surface area contributed by atoms with Crippen molar-refractivity contribution in [2.24, 2.45) is 5.92 Å². The number of aryl methyl sites for hydroxylation is 1. The minimum atomic E-state index is -0.432. The summed E-state index contributed by atoms with van der Waals surface area (Å²) in [5.74, 6) is -0.416. The highest BCUT2D eigenvalue weighted by Crippen LogP contribution is 2.23. The molecule has 0 aromatic heterocycles. The molecule has 2 aromatic rings. The van der Waals surface area contributed by atoms with Crippen LogP contribution in [0.25, 0.3) is 5.57 Å². The minimum Gasteiger partial charge on any atom is -0.300 e. The molecule has 0 aliphatic carbocycles. The first-order valence-corrected chi connectivity index (χ1v) is 9.72. The Morgan fingerprint density at radius 1 is 0.857 bits per heavy atom. The van der Waals surface area contributed by atoms with Crippen LogP contribution >= 0.6 is 0 Å². The zero-order valence-electron chi connectivity index (χ0n) is 16.7. The van der Waals surface area contributed by atoms with Gasteiger partial charge in [0, 0.05) is 30.7 Å². The molecule has 0 amide bonds. The molecule has 0 aliphatic rings. The van der Waals surface area contributed by atoms with Crippen LogP contribution in [0.15, 0.2) is 61.2 Å². The first kappa shape index (κ1) is 21.5. The predicted octanol–water partition coefficient (Wildman–Crippen LogP) is 5.48. The van der Waals surface area contributed by atoms with E-state index in [1.54, 1.807) is 6.07 Å². The van der Waals surface area contributed by atoms with Gasteiger partial charge in [0.1, 0.15) is 11.6 Å². The van der Waals surface area contributed by atoms with Crippen molar-refractivity contribution >= 4 is 22.9 Å². The van der Waals surface area contributed by atoms with Gasteiger partial charge in [-0.25, -0.2) is 0 Å². The van der Waals surface area contributed by atoms with Gasteiger partial charge in [-0.3, -0.25) is 9.59 Å².